The van der Waals surface area contributed by atoms with E-state index < -0.39 is 0 Å². The van der Waals surface area contributed by atoms with Gasteiger partial charge in [0.1, 0.15) is 11.7 Å². The van der Waals surface area contributed by atoms with Gasteiger partial charge in [-0.15, -0.1) is 0 Å². The van der Waals surface area contributed by atoms with Gasteiger partial charge < -0.3 is 5.32 Å². The number of amidine groups is 1. The van der Waals surface area contributed by atoms with Crippen LogP contribution in [0.5, 0.6) is 0 Å². The molecule has 2 aromatic carbocycles. The molecule has 0 aliphatic carbocycles. The monoisotopic (exact) mass is 385 g/mol. The minimum Gasteiger partial charge on any atom is -0.349 e. The van der Waals surface area contributed by atoms with E-state index in [1.807, 2.05) is 29.7 Å². The summed E-state index contributed by atoms with van der Waals surface area (Å²) in [6.07, 6.45) is 0.132. The molecule has 2 aromatic rings. The normalized spacial score (nSPS) is 19.8. The first kappa shape index (κ1) is 16.9. The van der Waals surface area contributed by atoms with Gasteiger partial charge in [0.2, 0.25) is 5.91 Å². The van der Waals surface area contributed by atoms with Crippen molar-refractivity contribution in [1.29, 1.82) is 5.41 Å². The highest BCUT2D eigenvalue weighted by Gasteiger charge is 2.35. The molecule has 1 fully saturated rings. The lowest BCUT2D eigenvalue weighted by Gasteiger charge is -2.16. The SMILES string of the molecule is N=C1C(=C2NC(c3ccc(Cl)cc3)=CS2)CC(=O)N1c1ccc(F)cc1. The number of nitrogens with one attached hydrogen (secondary N) is 2. The van der Waals surface area contributed by atoms with Gasteiger partial charge in [0.05, 0.1) is 22.8 Å². The lowest BCUT2D eigenvalue weighted by Crippen LogP contribution is -2.28. The lowest BCUT2D eigenvalue weighted by atomic mass is 10.1. The summed E-state index contributed by atoms with van der Waals surface area (Å²) in [6.45, 7) is 0. The van der Waals surface area contributed by atoms with Gasteiger partial charge in [-0.3, -0.25) is 15.1 Å². The molecule has 2 aliphatic heterocycles. The molecule has 0 saturated carbocycles. The second-order valence-electron chi connectivity index (χ2n) is 5.82. The van der Waals surface area contributed by atoms with E-state index in [2.05, 4.69) is 5.32 Å². The quantitative estimate of drug-likeness (QED) is 0.785. The van der Waals surface area contributed by atoms with Crippen molar-refractivity contribution in [2.75, 3.05) is 4.90 Å². The Hall–Kier alpha value is -2.57. The number of carbonyl (C=O) groups is 1. The Morgan fingerprint density at radius 3 is 2.50 bits per heavy atom. The van der Waals surface area contributed by atoms with Gasteiger partial charge in [-0.2, -0.15) is 0 Å². The lowest BCUT2D eigenvalue weighted by molar-refractivity contribution is -0.116. The number of thioether (sulfide) groups is 1. The zero-order valence-corrected chi connectivity index (χ0v) is 15.0. The number of hydrogen-bond acceptors (Lipinski definition) is 4. The maximum atomic E-state index is 13.1. The molecule has 0 radical (unpaired) electrons. The van der Waals surface area contributed by atoms with E-state index in [0.29, 0.717) is 16.3 Å². The van der Waals surface area contributed by atoms with Crippen LogP contribution in [0.4, 0.5) is 10.1 Å². The summed E-state index contributed by atoms with van der Waals surface area (Å²) < 4.78 is 13.1. The van der Waals surface area contributed by atoms with E-state index >= 15 is 0 Å². The first-order valence-corrected chi connectivity index (χ1v) is 9.09. The van der Waals surface area contributed by atoms with E-state index in [0.717, 1.165) is 16.3 Å². The van der Waals surface area contributed by atoms with Gasteiger partial charge in [-0.1, -0.05) is 35.5 Å². The van der Waals surface area contributed by atoms with Gasteiger partial charge in [-0.25, -0.2) is 4.39 Å². The van der Waals surface area contributed by atoms with E-state index in [4.69, 9.17) is 17.0 Å². The summed E-state index contributed by atoms with van der Waals surface area (Å²) in [5, 5.41) is 15.1. The molecule has 7 heteroatoms. The van der Waals surface area contributed by atoms with Crippen LogP contribution < -0.4 is 10.2 Å². The van der Waals surface area contributed by atoms with E-state index in [9.17, 15) is 9.18 Å². The standard InChI is InChI=1S/C19H13ClFN3OS/c20-12-3-1-11(2-4-12)16-10-26-19(23-16)15-9-17(25)24(18(15)22)14-7-5-13(21)6-8-14/h1-8,10,22-23H,9H2. The molecule has 1 amide bonds. The molecular formula is C19H13ClFN3OS. The Kier molecular flexibility index (Phi) is 4.30. The summed E-state index contributed by atoms with van der Waals surface area (Å²) in [5.41, 5.74) is 2.99. The molecule has 2 N–H and O–H groups in total. The van der Waals surface area contributed by atoms with E-state index in [1.165, 1.54) is 40.9 Å². The molecule has 1 saturated heterocycles. The second-order valence-corrected chi connectivity index (χ2v) is 7.14. The Morgan fingerprint density at radius 2 is 1.81 bits per heavy atom. The van der Waals surface area contributed by atoms with E-state index in [-0.39, 0.29) is 24.0 Å². The number of amides is 1. The van der Waals surface area contributed by atoms with Gasteiger partial charge >= 0.3 is 0 Å². The molecule has 0 spiro atoms. The predicted octanol–water partition coefficient (Wildman–Crippen LogP) is 4.74. The van der Waals surface area contributed by atoms with Gasteiger partial charge in [-0.05, 0) is 42.0 Å². The average Bonchev–Trinajstić information content (AvgIpc) is 3.22. The number of nitrogens with zero attached hydrogens (tertiary/aromatic N) is 1. The van der Waals surface area contributed by atoms with Crippen molar-refractivity contribution in [3.63, 3.8) is 0 Å². The number of carbonyl (C=O) groups excluding carboxylic acids is 1. The number of benzene rings is 2. The molecule has 2 heterocycles. The van der Waals surface area contributed by atoms with Crippen molar-refractivity contribution in [3.8, 4) is 0 Å². The molecule has 4 nitrogen and oxygen atoms in total. The largest absolute Gasteiger partial charge is 0.349 e. The summed E-state index contributed by atoms with van der Waals surface area (Å²) >= 11 is 7.37. The smallest absolute Gasteiger partial charge is 0.237 e. The average molecular weight is 386 g/mol. The molecule has 4 rings (SSSR count). The van der Waals surface area contributed by atoms with Crippen LogP contribution in [0.1, 0.15) is 12.0 Å². The number of anilines is 1. The van der Waals surface area contributed by atoms with Crippen molar-refractivity contribution in [1.82, 2.24) is 5.32 Å². The predicted molar refractivity (Wildman–Crippen MR) is 103 cm³/mol. The highest BCUT2D eigenvalue weighted by molar-refractivity contribution is 8.06. The minimum absolute atomic E-state index is 0.113. The summed E-state index contributed by atoms with van der Waals surface area (Å²) in [4.78, 5) is 13.7. The molecule has 0 atom stereocenters. The van der Waals surface area contributed by atoms with Gasteiger partial charge in [0.15, 0.2) is 0 Å². The fourth-order valence-electron chi connectivity index (χ4n) is 2.84. The van der Waals surface area contributed by atoms with Crippen molar-refractivity contribution in [2.24, 2.45) is 0 Å². The number of halogens is 2. The molecule has 0 bridgehead atoms. The molecular weight excluding hydrogens is 373 g/mol. The van der Waals surface area contributed by atoms with Crippen LogP contribution in [-0.2, 0) is 4.79 Å². The first-order chi connectivity index (χ1) is 12.5. The number of rotatable bonds is 2. The Bertz CT molecular complexity index is 967. The van der Waals surface area contributed by atoms with Crippen molar-refractivity contribution in [2.45, 2.75) is 6.42 Å². The van der Waals surface area contributed by atoms with Crippen LogP contribution in [-0.4, -0.2) is 11.7 Å². The molecule has 0 aromatic heterocycles. The Balaban J connectivity index is 1.59. The van der Waals surface area contributed by atoms with Gasteiger partial charge in [0, 0.05) is 16.0 Å². The van der Waals surface area contributed by atoms with Crippen LogP contribution >= 0.6 is 23.4 Å². The van der Waals surface area contributed by atoms with Crippen molar-refractivity contribution < 1.29 is 9.18 Å². The number of hydrogen-bond donors (Lipinski definition) is 2. The Morgan fingerprint density at radius 1 is 1.12 bits per heavy atom. The maximum absolute atomic E-state index is 13.1. The summed E-state index contributed by atoms with van der Waals surface area (Å²) in [5.74, 6) is -0.468. The topological polar surface area (TPSA) is 56.2 Å². The fourth-order valence-corrected chi connectivity index (χ4v) is 3.88. The van der Waals surface area contributed by atoms with Crippen LogP contribution in [0.15, 0.2) is 64.5 Å². The van der Waals surface area contributed by atoms with Crippen LogP contribution in [0, 0.1) is 11.2 Å². The zero-order valence-electron chi connectivity index (χ0n) is 13.4. The van der Waals surface area contributed by atoms with Crippen molar-refractivity contribution >= 4 is 46.5 Å². The van der Waals surface area contributed by atoms with E-state index in [1.54, 1.807) is 0 Å². The second kappa shape index (κ2) is 6.63. The molecule has 26 heavy (non-hydrogen) atoms. The minimum atomic E-state index is -0.379. The molecule has 2 aliphatic rings. The maximum Gasteiger partial charge on any atom is 0.237 e. The summed E-state index contributed by atoms with van der Waals surface area (Å²) in [6, 6.07) is 13.0. The first-order valence-electron chi connectivity index (χ1n) is 7.83. The third kappa shape index (κ3) is 3.02. The summed E-state index contributed by atoms with van der Waals surface area (Å²) in [7, 11) is 0. The Labute approximate surface area is 158 Å². The van der Waals surface area contributed by atoms with Crippen LogP contribution in [0.25, 0.3) is 5.70 Å². The highest BCUT2D eigenvalue weighted by Crippen LogP contribution is 2.37. The molecule has 130 valence electrons. The molecule has 0 unspecified atom stereocenters. The van der Waals surface area contributed by atoms with Gasteiger partial charge in [0.25, 0.3) is 0 Å². The third-order valence-electron chi connectivity index (χ3n) is 4.14. The van der Waals surface area contributed by atoms with Crippen molar-refractivity contribution in [3.05, 3.63) is 80.9 Å². The highest BCUT2D eigenvalue weighted by atomic mass is 35.5. The third-order valence-corrected chi connectivity index (χ3v) is 5.33. The van der Waals surface area contributed by atoms with Crippen LogP contribution in [0.2, 0.25) is 5.02 Å². The fraction of sp³-hybridized carbons (Fsp3) is 0.0526. The zero-order chi connectivity index (χ0) is 18.3. The van der Waals surface area contributed by atoms with Crippen LogP contribution in [0.3, 0.4) is 0 Å².